The van der Waals surface area contributed by atoms with E-state index in [2.05, 4.69) is 6.92 Å². The Morgan fingerprint density at radius 2 is 1.68 bits per heavy atom. The van der Waals surface area contributed by atoms with E-state index in [1.54, 1.807) is 0 Å². The maximum absolute atomic E-state index is 10.4. The fourth-order valence-corrected chi connectivity index (χ4v) is 2.00. The van der Waals surface area contributed by atoms with Crippen LogP contribution >= 0.6 is 0 Å². The Balaban J connectivity index is 4.42. The Labute approximate surface area is 153 Å². The first-order valence-corrected chi connectivity index (χ1v) is 8.74. The van der Waals surface area contributed by atoms with Crippen molar-refractivity contribution in [3.63, 3.8) is 0 Å². The molecule has 0 radical (unpaired) electrons. The molecule has 5 nitrogen and oxygen atoms in total. The Bertz CT molecular complexity index is 540. The molecule has 0 unspecified atom stereocenters. The third-order valence-corrected chi connectivity index (χ3v) is 3.47. The molecule has 0 heterocycles. The summed E-state index contributed by atoms with van der Waals surface area (Å²) in [6, 6.07) is -0.177. The molecule has 0 aromatic carbocycles. The Hall–Kier alpha value is -1.69. The smallest absolute Gasteiger partial charge is 0.303 e. The van der Waals surface area contributed by atoms with Gasteiger partial charge in [0.05, 0.1) is 21.1 Å². The normalized spacial score (nSPS) is 18.2. The number of unbranched alkanes of at least 4 members (excludes halogenated alkanes) is 2. The Morgan fingerprint density at radius 1 is 0.960 bits per heavy atom. The summed E-state index contributed by atoms with van der Waals surface area (Å²) in [6.45, 7) is 2.06. The third kappa shape index (κ3) is 15.6. The molecule has 0 fully saturated rings. The van der Waals surface area contributed by atoms with E-state index in [0.29, 0.717) is 12.8 Å². The van der Waals surface area contributed by atoms with Gasteiger partial charge in [0.1, 0.15) is 0 Å². The van der Waals surface area contributed by atoms with Gasteiger partial charge >= 0.3 is 5.97 Å². The third-order valence-electron chi connectivity index (χ3n) is 3.47. The van der Waals surface area contributed by atoms with Gasteiger partial charge in [0.15, 0.2) is 0 Å². The van der Waals surface area contributed by atoms with E-state index in [0.717, 1.165) is 19.3 Å². The molecular formula is C20H32O5. The number of aliphatic hydroxyl groups excluding tert-OH is 3. The zero-order valence-electron chi connectivity index (χ0n) is 16.8. The van der Waals surface area contributed by atoms with Crippen molar-refractivity contribution in [3.05, 3.63) is 48.6 Å². The highest BCUT2D eigenvalue weighted by molar-refractivity contribution is 5.66. The average molecular weight is 356 g/mol. The van der Waals surface area contributed by atoms with Crippen molar-refractivity contribution in [2.75, 3.05) is 0 Å². The van der Waals surface area contributed by atoms with Gasteiger partial charge in [-0.2, -0.15) is 0 Å². The molecule has 0 aliphatic rings. The summed E-state index contributed by atoms with van der Waals surface area (Å²) in [7, 11) is 0. The molecule has 3 atom stereocenters. The van der Waals surface area contributed by atoms with Crippen LogP contribution in [0.3, 0.4) is 0 Å². The van der Waals surface area contributed by atoms with Gasteiger partial charge in [-0.3, -0.25) is 4.79 Å². The lowest BCUT2D eigenvalue weighted by Crippen LogP contribution is -2.23. The van der Waals surface area contributed by atoms with E-state index in [4.69, 9.17) is 7.85 Å². The first-order valence-electron chi connectivity index (χ1n) is 9.74. The maximum atomic E-state index is 10.4. The average Bonchev–Trinajstić information content (AvgIpc) is 2.62. The molecule has 0 aliphatic carbocycles. The van der Waals surface area contributed by atoms with E-state index >= 15 is 0 Å². The molecule has 0 aromatic heterocycles. The second kappa shape index (κ2) is 15.8. The van der Waals surface area contributed by atoms with Gasteiger partial charge in [-0.25, -0.2) is 0 Å². The van der Waals surface area contributed by atoms with Gasteiger partial charge in [0.25, 0.3) is 0 Å². The summed E-state index contributed by atoms with van der Waals surface area (Å²) in [5.41, 5.74) is 0. The minimum atomic E-state index is -0.971. The number of rotatable bonds is 14. The highest BCUT2D eigenvalue weighted by Crippen LogP contribution is 2.07. The fraction of sp³-hybridized carbons (Fsp3) is 0.550. The molecule has 0 aromatic rings. The maximum Gasteiger partial charge on any atom is 0.303 e. The molecule has 0 rings (SSSR count). The van der Waals surface area contributed by atoms with E-state index < -0.39 is 24.3 Å². The van der Waals surface area contributed by atoms with E-state index in [1.807, 2.05) is 0 Å². The first-order chi connectivity index (χ1) is 12.8. The molecule has 0 saturated heterocycles. The summed E-state index contributed by atoms with van der Waals surface area (Å²) in [5, 5.41) is 37.8. The highest BCUT2D eigenvalue weighted by Gasteiger charge is 2.11. The van der Waals surface area contributed by atoms with Crippen molar-refractivity contribution in [1.29, 1.82) is 0 Å². The van der Waals surface area contributed by atoms with Crippen molar-refractivity contribution >= 4 is 5.97 Å². The van der Waals surface area contributed by atoms with E-state index in [1.165, 1.54) is 36.5 Å². The number of aliphatic hydroxyl groups is 3. The van der Waals surface area contributed by atoms with Crippen molar-refractivity contribution in [1.82, 2.24) is 0 Å². The Kier molecular flexibility index (Phi) is 12.4. The SMILES string of the molecule is [3H]C(/C=C/C=C/[C@@H](O)[C@@H](O)CCCCC)=C([3H])/C=C/[C@@H](O)CCCC(=O)O. The van der Waals surface area contributed by atoms with Gasteiger partial charge in [-0.15, -0.1) is 0 Å². The van der Waals surface area contributed by atoms with Crippen LogP contribution in [0.5, 0.6) is 0 Å². The van der Waals surface area contributed by atoms with Crippen molar-refractivity contribution in [3.8, 4) is 0 Å². The van der Waals surface area contributed by atoms with Crippen LogP contribution in [0.15, 0.2) is 48.6 Å². The van der Waals surface area contributed by atoms with Gasteiger partial charge in [-0.1, -0.05) is 74.7 Å². The summed E-state index contributed by atoms with van der Waals surface area (Å²) in [5.74, 6) is -0.919. The minimum absolute atomic E-state index is 0.0214. The van der Waals surface area contributed by atoms with E-state index in [9.17, 15) is 20.1 Å². The van der Waals surface area contributed by atoms with Crippen molar-refractivity contribution < 1.29 is 28.0 Å². The standard InChI is InChI=1S/C20H32O5/c1-2-3-8-14-18(22)19(23)15-10-7-5-4-6-9-12-17(21)13-11-16-20(24)25/h4-7,9-10,12,15,17-19,21-23H,2-3,8,11,13-14,16H2,1H3,(H,24,25)/b6-4-,7-5+,12-9+,15-10+/t17-,18+,19-/m1/s1/i4T,6T. The molecule has 0 bridgehead atoms. The molecule has 0 spiro atoms. The second-order valence-electron chi connectivity index (χ2n) is 5.80. The Morgan fingerprint density at radius 3 is 2.36 bits per heavy atom. The predicted molar refractivity (Wildman–Crippen MR) is 100 cm³/mol. The zero-order chi connectivity index (χ0) is 20.7. The van der Waals surface area contributed by atoms with Crippen molar-refractivity contribution in [2.24, 2.45) is 0 Å². The molecule has 4 N–H and O–H groups in total. The highest BCUT2D eigenvalue weighted by atomic mass is 16.4. The minimum Gasteiger partial charge on any atom is -0.481 e. The van der Waals surface area contributed by atoms with Crippen LogP contribution in [-0.4, -0.2) is 44.7 Å². The van der Waals surface area contributed by atoms with Gasteiger partial charge in [0.2, 0.25) is 0 Å². The summed E-state index contributed by atoms with van der Waals surface area (Å²) < 4.78 is 15.5. The van der Waals surface area contributed by atoms with Crippen LogP contribution < -0.4 is 0 Å². The molecule has 0 amide bonds. The van der Waals surface area contributed by atoms with Crippen LogP contribution in [0.25, 0.3) is 0 Å². The van der Waals surface area contributed by atoms with Crippen LogP contribution in [0.2, 0.25) is 0 Å². The second-order valence-corrected chi connectivity index (χ2v) is 5.80. The van der Waals surface area contributed by atoms with E-state index in [-0.39, 0.29) is 24.9 Å². The van der Waals surface area contributed by atoms with Crippen LogP contribution in [-0.2, 0) is 4.79 Å². The first kappa shape index (κ1) is 19.6. The number of carboxylic acid groups (broad SMARTS) is 1. The van der Waals surface area contributed by atoms with Gasteiger partial charge in [-0.05, 0) is 19.3 Å². The summed E-state index contributed by atoms with van der Waals surface area (Å²) in [4.78, 5) is 10.4. The lowest BCUT2D eigenvalue weighted by Gasteiger charge is -2.13. The molecular weight excluding hydrogens is 320 g/mol. The largest absolute Gasteiger partial charge is 0.481 e. The number of carbonyl (C=O) groups is 1. The molecule has 0 aliphatic heterocycles. The lowest BCUT2D eigenvalue weighted by atomic mass is 10.1. The molecule has 25 heavy (non-hydrogen) atoms. The predicted octanol–water partition coefficient (Wildman–Crippen LogP) is 3.13. The topological polar surface area (TPSA) is 98.0 Å². The zero-order valence-corrected chi connectivity index (χ0v) is 14.8. The number of hydrogen-bond acceptors (Lipinski definition) is 4. The summed E-state index contributed by atoms with van der Waals surface area (Å²) >= 11 is 0. The van der Waals surface area contributed by atoms with Crippen LogP contribution in [0, 0.1) is 0 Å². The van der Waals surface area contributed by atoms with Gasteiger partial charge < -0.3 is 20.4 Å². The molecule has 0 saturated carbocycles. The number of hydrogen-bond donors (Lipinski definition) is 4. The number of allylic oxidation sites excluding steroid dienone is 6. The molecule has 142 valence electrons. The van der Waals surface area contributed by atoms with Crippen molar-refractivity contribution in [2.45, 2.75) is 70.2 Å². The quantitative estimate of drug-likeness (QED) is 0.283. The molecule has 5 heteroatoms. The number of carboxylic acids is 1. The lowest BCUT2D eigenvalue weighted by molar-refractivity contribution is -0.137. The van der Waals surface area contributed by atoms with Gasteiger partial charge in [0, 0.05) is 6.42 Å². The van der Waals surface area contributed by atoms with Crippen LogP contribution in [0.1, 0.15) is 54.6 Å². The van der Waals surface area contributed by atoms with Crippen LogP contribution in [0.4, 0.5) is 0 Å². The number of aliphatic carboxylic acids is 1. The fourth-order valence-electron chi connectivity index (χ4n) is 2.00. The monoisotopic (exact) mass is 356 g/mol. The summed E-state index contributed by atoms with van der Waals surface area (Å²) in [6.07, 6.45) is 9.87.